The van der Waals surface area contributed by atoms with E-state index in [1.54, 1.807) is 18.3 Å². The third-order valence-corrected chi connectivity index (χ3v) is 2.48. The average molecular weight is 257 g/mol. The van der Waals surface area contributed by atoms with E-state index in [2.05, 4.69) is 10.3 Å². The molecule has 0 aliphatic rings. The summed E-state index contributed by atoms with van der Waals surface area (Å²) in [7, 11) is 0. The second-order valence-electron chi connectivity index (χ2n) is 3.85. The van der Waals surface area contributed by atoms with Gasteiger partial charge in [-0.25, -0.2) is 4.98 Å². The Morgan fingerprint density at radius 3 is 2.74 bits per heavy atom. The predicted octanol–water partition coefficient (Wildman–Crippen LogP) is 1.47. The highest BCUT2D eigenvalue weighted by Crippen LogP contribution is 2.08. The Morgan fingerprint density at radius 2 is 2.00 bits per heavy atom. The summed E-state index contributed by atoms with van der Waals surface area (Å²) in [6.45, 7) is 0.804. The van der Waals surface area contributed by atoms with E-state index < -0.39 is 0 Å². The van der Waals surface area contributed by atoms with Crippen LogP contribution in [0.25, 0.3) is 0 Å². The number of pyridine rings is 1. The average Bonchev–Trinajstić information content (AvgIpc) is 2.45. The molecule has 0 saturated heterocycles. The zero-order chi connectivity index (χ0) is 13.5. The highest BCUT2D eigenvalue weighted by molar-refractivity contribution is 5.98. The molecule has 0 aliphatic carbocycles. The van der Waals surface area contributed by atoms with Gasteiger partial charge in [-0.3, -0.25) is 4.79 Å². The number of nitrogens with two attached hydrogens (primary N) is 1. The number of amides is 1. The van der Waals surface area contributed by atoms with Crippen molar-refractivity contribution in [3.63, 3.8) is 0 Å². The molecule has 0 unspecified atom stereocenters. The second-order valence-corrected chi connectivity index (χ2v) is 3.85. The van der Waals surface area contributed by atoms with Crippen LogP contribution >= 0.6 is 0 Å². The monoisotopic (exact) mass is 257 g/mol. The summed E-state index contributed by atoms with van der Waals surface area (Å²) in [4.78, 5) is 15.7. The molecule has 0 saturated carbocycles. The van der Waals surface area contributed by atoms with Gasteiger partial charge in [0.1, 0.15) is 18.2 Å². The molecule has 0 bridgehead atoms. The number of carbonyl (C=O) groups is 1. The van der Waals surface area contributed by atoms with Crippen molar-refractivity contribution < 1.29 is 9.53 Å². The van der Waals surface area contributed by atoms with Crippen LogP contribution in [0.5, 0.6) is 5.75 Å². The molecule has 0 spiro atoms. The first-order valence-corrected chi connectivity index (χ1v) is 5.94. The van der Waals surface area contributed by atoms with Gasteiger partial charge in [-0.05, 0) is 24.3 Å². The van der Waals surface area contributed by atoms with Crippen molar-refractivity contribution in [3.05, 3.63) is 54.2 Å². The van der Waals surface area contributed by atoms with E-state index in [-0.39, 0.29) is 11.7 Å². The maximum atomic E-state index is 11.8. The van der Waals surface area contributed by atoms with Gasteiger partial charge < -0.3 is 15.8 Å². The summed E-state index contributed by atoms with van der Waals surface area (Å²) in [6.07, 6.45) is 1.55. The summed E-state index contributed by atoms with van der Waals surface area (Å²) >= 11 is 0. The zero-order valence-corrected chi connectivity index (χ0v) is 10.4. The lowest BCUT2D eigenvalue weighted by Gasteiger charge is -2.08. The zero-order valence-electron chi connectivity index (χ0n) is 10.4. The largest absolute Gasteiger partial charge is 0.492 e. The molecule has 5 nitrogen and oxygen atoms in total. The molecule has 0 radical (unpaired) electrons. The standard InChI is InChI=1S/C14H15N3O2/c15-13-12(7-4-8-16-13)14(18)17-9-10-19-11-5-2-1-3-6-11/h1-8H,9-10H2,(H2,15,16)(H,17,18). The van der Waals surface area contributed by atoms with Gasteiger partial charge in [-0.15, -0.1) is 0 Å². The number of ether oxygens (including phenoxy) is 1. The minimum absolute atomic E-state index is 0.226. The Morgan fingerprint density at radius 1 is 1.21 bits per heavy atom. The van der Waals surface area contributed by atoms with Crippen LogP contribution in [-0.4, -0.2) is 24.0 Å². The van der Waals surface area contributed by atoms with Gasteiger partial charge in [-0.2, -0.15) is 0 Å². The number of carbonyl (C=O) groups excluding carboxylic acids is 1. The molecule has 3 N–H and O–H groups in total. The van der Waals surface area contributed by atoms with Crippen LogP contribution in [0.3, 0.4) is 0 Å². The Bertz CT molecular complexity index is 543. The number of aromatic nitrogens is 1. The molecule has 0 atom stereocenters. The van der Waals surface area contributed by atoms with Gasteiger partial charge in [0.15, 0.2) is 0 Å². The number of hydrogen-bond acceptors (Lipinski definition) is 4. The van der Waals surface area contributed by atoms with Gasteiger partial charge in [0.05, 0.1) is 12.1 Å². The highest BCUT2D eigenvalue weighted by atomic mass is 16.5. The summed E-state index contributed by atoms with van der Waals surface area (Å²) in [5, 5.41) is 2.73. The van der Waals surface area contributed by atoms with E-state index in [0.29, 0.717) is 18.7 Å². The van der Waals surface area contributed by atoms with E-state index in [4.69, 9.17) is 10.5 Å². The molecule has 2 aromatic rings. The van der Waals surface area contributed by atoms with E-state index in [9.17, 15) is 4.79 Å². The fourth-order valence-corrected chi connectivity index (χ4v) is 1.55. The van der Waals surface area contributed by atoms with Crippen molar-refractivity contribution in [2.24, 2.45) is 0 Å². The van der Waals surface area contributed by atoms with Crippen molar-refractivity contribution in [1.29, 1.82) is 0 Å². The first-order valence-electron chi connectivity index (χ1n) is 5.94. The lowest BCUT2D eigenvalue weighted by Crippen LogP contribution is -2.28. The number of anilines is 1. The summed E-state index contributed by atoms with van der Waals surface area (Å²) in [5.74, 6) is 0.754. The third-order valence-electron chi connectivity index (χ3n) is 2.48. The maximum Gasteiger partial charge on any atom is 0.255 e. The summed E-state index contributed by atoms with van der Waals surface area (Å²) < 4.78 is 5.46. The van der Waals surface area contributed by atoms with Crippen LogP contribution in [0.4, 0.5) is 5.82 Å². The fraction of sp³-hybridized carbons (Fsp3) is 0.143. The predicted molar refractivity (Wildman–Crippen MR) is 72.9 cm³/mol. The molecule has 1 aromatic carbocycles. The highest BCUT2D eigenvalue weighted by Gasteiger charge is 2.08. The van der Waals surface area contributed by atoms with Crippen molar-refractivity contribution in [2.75, 3.05) is 18.9 Å². The van der Waals surface area contributed by atoms with Gasteiger partial charge in [0.25, 0.3) is 5.91 Å². The SMILES string of the molecule is Nc1ncccc1C(=O)NCCOc1ccccc1. The molecular weight excluding hydrogens is 242 g/mol. The maximum absolute atomic E-state index is 11.8. The van der Waals surface area contributed by atoms with Crippen LogP contribution in [-0.2, 0) is 0 Å². The number of para-hydroxylation sites is 1. The molecule has 0 fully saturated rings. The van der Waals surface area contributed by atoms with Gasteiger partial charge >= 0.3 is 0 Å². The number of benzene rings is 1. The van der Waals surface area contributed by atoms with Crippen LogP contribution in [0.15, 0.2) is 48.7 Å². The molecular formula is C14H15N3O2. The van der Waals surface area contributed by atoms with E-state index >= 15 is 0 Å². The number of nitrogens with zero attached hydrogens (tertiary/aromatic N) is 1. The van der Waals surface area contributed by atoms with Crippen LogP contribution < -0.4 is 15.8 Å². The van der Waals surface area contributed by atoms with E-state index in [1.807, 2.05) is 30.3 Å². The number of nitrogen functional groups attached to an aromatic ring is 1. The lowest BCUT2D eigenvalue weighted by molar-refractivity contribution is 0.0947. The lowest BCUT2D eigenvalue weighted by atomic mass is 10.2. The quantitative estimate of drug-likeness (QED) is 0.795. The normalized spacial score (nSPS) is 9.89. The molecule has 1 heterocycles. The fourth-order valence-electron chi connectivity index (χ4n) is 1.55. The topological polar surface area (TPSA) is 77.2 Å². The van der Waals surface area contributed by atoms with Crippen LogP contribution in [0.1, 0.15) is 10.4 Å². The second kappa shape index (κ2) is 6.39. The Balaban J connectivity index is 1.77. The molecule has 1 amide bonds. The van der Waals surface area contributed by atoms with Gasteiger partial charge in [0.2, 0.25) is 0 Å². The number of nitrogens with one attached hydrogen (secondary N) is 1. The third kappa shape index (κ3) is 3.70. The Hall–Kier alpha value is -2.56. The van der Waals surface area contributed by atoms with E-state index in [1.165, 1.54) is 0 Å². The van der Waals surface area contributed by atoms with E-state index in [0.717, 1.165) is 5.75 Å². The molecule has 0 aliphatic heterocycles. The van der Waals surface area contributed by atoms with Crippen LogP contribution in [0.2, 0.25) is 0 Å². The van der Waals surface area contributed by atoms with Crippen molar-refractivity contribution >= 4 is 11.7 Å². The molecule has 1 aromatic heterocycles. The van der Waals surface area contributed by atoms with Crippen molar-refractivity contribution in [3.8, 4) is 5.75 Å². The first kappa shape index (κ1) is 12.9. The minimum Gasteiger partial charge on any atom is -0.492 e. The smallest absolute Gasteiger partial charge is 0.255 e. The van der Waals surface area contributed by atoms with Crippen molar-refractivity contribution in [2.45, 2.75) is 0 Å². The summed E-state index contributed by atoms with van der Waals surface area (Å²) in [5.41, 5.74) is 5.99. The van der Waals surface area contributed by atoms with Gasteiger partial charge in [-0.1, -0.05) is 18.2 Å². The number of hydrogen-bond donors (Lipinski definition) is 2. The minimum atomic E-state index is -0.248. The summed E-state index contributed by atoms with van der Waals surface area (Å²) in [6, 6.07) is 12.7. The van der Waals surface area contributed by atoms with Crippen molar-refractivity contribution in [1.82, 2.24) is 10.3 Å². The first-order chi connectivity index (χ1) is 9.27. The molecule has 2 rings (SSSR count). The van der Waals surface area contributed by atoms with Gasteiger partial charge in [0, 0.05) is 6.20 Å². The molecule has 5 heteroatoms. The van der Waals surface area contributed by atoms with Crippen LogP contribution in [0, 0.1) is 0 Å². The Labute approximate surface area is 111 Å². The number of rotatable bonds is 5. The molecule has 19 heavy (non-hydrogen) atoms. The Kier molecular flexibility index (Phi) is 4.34. The molecule has 98 valence electrons.